The number of urea groups is 1. The van der Waals surface area contributed by atoms with Gasteiger partial charge in [0.05, 0.1) is 6.42 Å². The molecule has 0 saturated carbocycles. The average Bonchev–Trinajstić information content (AvgIpc) is 2.83. The highest BCUT2D eigenvalue weighted by Gasteiger charge is 2.42. The number of Topliss-reactive ketones (excluding diaryl/α,β-unsaturated/α-hetero) is 1. The van der Waals surface area contributed by atoms with Crippen molar-refractivity contribution in [1.82, 2.24) is 0 Å². The molecule has 8 heteroatoms. The number of carbonyl (C=O) groups is 3. The molecule has 0 fully saturated rings. The number of amides is 2. The molecule has 0 saturated heterocycles. The molecule has 0 unspecified atom stereocenters. The summed E-state index contributed by atoms with van der Waals surface area (Å²) in [6, 6.07) is 15.1. The van der Waals surface area contributed by atoms with Gasteiger partial charge in [-0.1, -0.05) is 37.3 Å². The molecule has 0 heterocycles. The molecule has 0 radical (unpaired) electrons. The van der Waals surface area contributed by atoms with E-state index >= 15 is 0 Å². The van der Waals surface area contributed by atoms with Crippen LogP contribution in [0.15, 0.2) is 60.7 Å². The van der Waals surface area contributed by atoms with E-state index in [1.54, 1.807) is 18.2 Å². The van der Waals surface area contributed by atoms with Gasteiger partial charge in [0.2, 0.25) is 0 Å². The highest BCUT2D eigenvalue weighted by molar-refractivity contribution is 6.04. The van der Waals surface area contributed by atoms with Crippen LogP contribution in [-0.2, 0) is 11.2 Å². The smallest absolute Gasteiger partial charge is 0.323 e. The lowest BCUT2D eigenvalue weighted by molar-refractivity contribution is -0.139. The molecule has 2 amide bonds. The molecule has 0 bridgehead atoms. The Morgan fingerprint density at radius 1 is 0.914 bits per heavy atom. The van der Waals surface area contributed by atoms with Gasteiger partial charge in [-0.2, -0.15) is 0 Å². The number of fused-ring (bicyclic) bond motifs is 1. The van der Waals surface area contributed by atoms with Crippen LogP contribution in [0.25, 0.3) is 11.1 Å². The van der Waals surface area contributed by atoms with E-state index in [1.807, 2.05) is 31.2 Å². The third-order valence-corrected chi connectivity index (χ3v) is 6.52. The number of rotatable bonds is 6. The molecule has 3 aromatic rings. The molecule has 0 aliphatic heterocycles. The predicted octanol–water partition coefficient (Wildman–Crippen LogP) is 6.28. The van der Waals surface area contributed by atoms with E-state index in [0.29, 0.717) is 30.5 Å². The monoisotopic (exact) mass is 478 g/mol. The van der Waals surface area contributed by atoms with Gasteiger partial charge >= 0.3 is 12.0 Å². The fourth-order valence-corrected chi connectivity index (χ4v) is 4.51. The van der Waals surface area contributed by atoms with Crippen LogP contribution in [0.1, 0.15) is 42.1 Å². The zero-order chi connectivity index (χ0) is 25.2. The number of halogens is 2. The fraction of sp³-hybridized carbons (Fsp3) is 0.222. The largest absolute Gasteiger partial charge is 0.481 e. The van der Waals surface area contributed by atoms with Gasteiger partial charge in [-0.25, -0.2) is 13.6 Å². The minimum Gasteiger partial charge on any atom is -0.481 e. The van der Waals surface area contributed by atoms with Crippen molar-refractivity contribution < 1.29 is 28.3 Å². The summed E-state index contributed by atoms with van der Waals surface area (Å²) in [5, 5.41) is 14.4. The molecule has 4 rings (SSSR count). The summed E-state index contributed by atoms with van der Waals surface area (Å²) >= 11 is 0. The maximum atomic E-state index is 13.3. The van der Waals surface area contributed by atoms with Gasteiger partial charge in [0, 0.05) is 28.4 Å². The van der Waals surface area contributed by atoms with Crippen LogP contribution in [0.3, 0.4) is 0 Å². The zero-order valence-corrected chi connectivity index (χ0v) is 19.0. The number of aryl methyl sites for hydroxylation is 1. The molecule has 0 aromatic heterocycles. The quantitative estimate of drug-likeness (QED) is 0.389. The first-order chi connectivity index (χ1) is 16.7. The molecule has 1 aliphatic carbocycles. The summed E-state index contributed by atoms with van der Waals surface area (Å²) in [6.45, 7) is 1.86. The van der Waals surface area contributed by atoms with Crippen LogP contribution in [0, 0.1) is 17.0 Å². The Bertz CT molecular complexity index is 1310. The van der Waals surface area contributed by atoms with Gasteiger partial charge in [0.25, 0.3) is 0 Å². The summed E-state index contributed by atoms with van der Waals surface area (Å²) in [5.41, 5.74) is 3.03. The van der Waals surface area contributed by atoms with E-state index in [2.05, 4.69) is 10.6 Å². The maximum absolute atomic E-state index is 13.3. The Kier molecular flexibility index (Phi) is 6.64. The lowest BCUT2D eigenvalue weighted by Gasteiger charge is -2.35. The fourth-order valence-electron chi connectivity index (χ4n) is 4.51. The highest BCUT2D eigenvalue weighted by atomic mass is 19.2. The molecular weight excluding hydrogens is 454 g/mol. The second-order valence-corrected chi connectivity index (χ2v) is 8.69. The van der Waals surface area contributed by atoms with Gasteiger partial charge in [-0.3, -0.25) is 9.59 Å². The number of hydrogen-bond acceptors (Lipinski definition) is 3. The number of benzene rings is 3. The number of carbonyl (C=O) groups excluding carboxylic acids is 2. The van der Waals surface area contributed by atoms with Crippen LogP contribution in [0.4, 0.5) is 25.0 Å². The first-order valence-electron chi connectivity index (χ1n) is 11.2. The number of nitrogens with one attached hydrogen (secondary N) is 2. The topological polar surface area (TPSA) is 95.5 Å². The molecule has 3 N–H and O–H groups in total. The lowest BCUT2D eigenvalue weighted by Crippen LogP contribution is -2.37. The van der Waals surface area contributed by atoms with Gasteiger partial charge < -0.3 is 15.7 Å². The minimum atomic E-state index is -1.05. The summed E-state index contributed by atoms with van der Waals surface area (Å²) in [7, 11) is 0. The Hall–Kier alpha value is -4.07. The number of anilines is 2. The Balaban J connectivity index is 1.46. The Morgan fingerprint density at radius 2 is 1.57 bits per heavy atom. The lowest BCUT2D eigenvalue weighted by atomic mass is 9.67. The Morgan fingerprint density at radius 3 is 2.23 bits per heavy atom. The van der Waals surface area contributed by atoms with E-state index < -0.39 is 29.0 Å². The van der Waals surface area contributed by atoms with E-state index in [0.717, 1.165) is 28.8 Å². The van der Waals surface area contributed by atoms with E-state index in [-0.39, 0.29) is 17.9 Å². The predicted molar refractivity (Wildman–Crippen MR) is 129 cm³/mol. The number of ketones is 1. The molecule has 3 aromatic carbocycles. The van der Waals surface area contributed by atoms with Crippen molar-refractivity contribution in [1.29, 1.82) is 0 Å². The van der Waals surface area contributed by atoms with Crippen LogP contribution in [-0.4, -0.2) is 22.9 Å². The molecule has 180 valence electrons. The first-order valence-corrected chi connectivity index (χ1v) is 11.2. The zero-order valence-electron chi connectivity index (χ0n) is 19.0. The average molecular weight is 478 g/mol. The third kappa shape index (κ3) is 5.06. The van der Waals surface area contributed by atoms with Crippen LogP contribution in [0.5, 0.6) is 0 Å². The summed E-state index contributed by atoms with van der Waals surface area (Å²) in [6.07, 6.45) is 1.44. The van der Waals surface area contributed by atoms with E-state index in [1.165, 1.54) is 6.07 Å². The molecule has 1 atom stereocenters. The van der Waals surface area contributed by atoms with Crippen molar-refractivity contribution in [2.45, 2.75) is 32.6 Å². The van der Waals surface area contributed by atoms with Crippen molar-refractivity contribution in [3.8, 4) is 11.1 Å². The molecular formula is C27H24F2N2O4. The van der Waals surface area contributed by atoms with Crippen molar-refractivity contribution in [3.05, 3.63) is 83.4 Å². The minimum absolute atomic E-state index is 0.109. The van der Waals surface area contributed by atoms with Gasteiger partial charge in [-0.15, -0.1) is 0 Å². The second kappa shape index (κ2) is 9.66. The van der Waals surface area contributed by atoms with E-state index in [9.17, 15) is 28.3 Å². The summed E-state index contributed by atoms with van der Waals surface area (Å²) < 4.78 is 26.3. The van der Waals surface area contributed by atoms with Crippen molar-refractivity contribution in [3.63, 3.8) is 0 Å². The third-order valence-electron chi connectivity index (χ3n) is 6.52. The van der Waals surface area contributed by atoms with Gasteiger partial charge in [-0.05, 0) is 60.2 Å². The number of aliphatic carboxylic acids is 1. The van der Waals surface area contributed by atoms with Crippen LogP contribution >= 0.6 is 0 Å². The number of hydrogen-bond donors (Lipinski definition) is 3. The van der Waals surface area contributed by atoms with Gasteiger partial charge in [0.1, 0.15) is 0 Å². The van der Waals surface area contributed by atoms with Crippen molar-refractivity contribution in [2.24, 2.45) is 5.41 Å². The SMILES string of the molecule is CC[C@]1(CC(=O)O)CCc2cc(-c3ccc(NC(=O)Nc4ccc(F)c(F)c4)cc3)ccc2C1=O. The Labute approximate surface area is 201 Å². The van der Waals surface area contributed by atoms with Crippen LogP contribution in [0.2, 0.25) is 0 Å². The highest BCUT2D eigenvalue weighted by Crippen LogP contribution is 2.42. The summed E-state index contributed by atoms with van der Waals surface area (Å²) in [4.78, 5) is 36.6. The molecule has 35 heavy (non-hydrogen) atoms. The number of carboxylic acid groups (broad SMARTS) is 1. The van der Waals surface area contributed by atoms with Crippen molar-refractivity contribution >= 4 is 29.2 Å². The second-order valence-electron chi connectivity index (χ2n) is 8.69. The number of carboxylic acids is 1. The van der Waals surface area contributed by atoms with Crippen LogP contribution < -0.4 is 10.6 Å². The van der Waals surface area contributed by atoms with Gasteiger partial charge in [0.15, 0.2) is 17.4 Å². The maximum Gasteiger partial charge on any atom is 0.323 e. The summed E-state index contributed by atoms with van der Waals surface area (Å²) in [5.74, 6) is -3.13. The van der Waals surface area contributed by atoms with E-state index in [4.69, 9.17) is 0 Å². The molecule has 1 aliphatic rings. The first kappa shape index (κ1) is 24.1. The standard InChI is InChI=1S/C27H24F2N2O4/c1-2-27(15-24(32)33)12-11-18-13-17(5-9-21(18)25(27)34)16-3-6-19(7-4-16)30-26(35)31-20-8-10-22(28)23(29)14-20/h3-10,13-14H,2,11-12,15H2,1H3,(H,32,33)(H2,30,31,35)/t27-/m1/s1. The normalized spacial score (nSPS) is 16.9. The van der Waals surface area contributed by atoms with Crippen molar-refractivity contribution in [2.75, 3.05) is 10.6 Å². The molecule has 6 nitrogen and oxygen atoms in total. The molecule has 0 spiro atoms.